The van der Waals surface area contributed by atoms with E-state index >= 15 is 0 Å². The second kappa shape index (κ2) is 18.4. The highest BCUT2D eigenvalue weighted by Crippen LogP contribution is 2.57. The second-order valence-corrected chi connectivity index (χ2v) is 18.8. The van der Waals surface area contributed by atoms with Crippen molar-refractivity contribution in [3.8, 4) is 39.9 Å². The summed E-state index contributed by atoms with van der Waals surface area (Å²) in [4.78, 5) is 13.7. The minimum atomic E-state index is -2.35. The van der Waals surface area contributed by atoms with Gasteiger partial charge in [0.15, 0.2) is 5.60 Å². The first-order valence-electron chi connectivity index (χ1n) is 20.4. The molecule has 6 aromatic carbocycles. The lowest BCUT2D eigenvalue weighted by Gasteiger charge is -2.37. The molecule has 8 nitrogen and oxygen atoms in total. The normalized spacial score (nSPS) is 12.6. The lowest BCUT2D eigenvalue weighted by molar-refractivity contribution is 0.0203. The van der Waals surface area contributed by atoms with Crippen molar-refractivity contribution in [2.45, 2.75) is 84.3 Å². The molecule has 0 fully saturated rings. The standard InChI is InChI=1S/C52H57O8P/c1-49(2,3)44-34-40(54-10)32-42(46(44)56-48(53)57-51(7,8)9)43-33-41(55-11)35-45(50(4,5)6)47(43)59-61(58-39-30-22-15-23-31-39)60-52(36-24-16-12-17-25-36,37-26-18-13-19-27-37)38-28-20-14-21-29-38/h12-35H,1-11H3. The number of carbonyl (C=O) groups is 1. The third-order valence-corrected chi connectivity index (χ3v) is 11.0. The summed E-state index contributed by atoms with van der Waals surface area (Å²) in [5.41, 5.74) is 2.18. The van der Waals surface area contributed by atoms with E-state index in [4.69, 9.17) is 32.5 Å². The highest BCUT2D eigenvalue weighted by molar-refractivity contribution is 7.42. The molecule has 0 amide bonds. The largest absolute Gasteiger partial charge is 0.514 e. The number of benzene rings is 6. The predicted molar refractivity (Wildman–Crippen MR) is 244 cm³/mol. The maximum absolute atomic E-state index is 13.7. The van der Waals surface area contributed by atoms with E-state index in [1.54, 1.807) is 35.0 Å². The Labute approximate surface area is 362 Å². The number of carbonyl (C=O) groups excluding carboxylic acids is 1. The van der Waals surface area contributed by atoms with Gasteiger partial charge in [-0.15, -0.1) is 0 Å². The summed E-state index contributed by atoms with van der Waals surface area (Å²) < 4.78 is 45.7. The van der Waals surface area contributed by atoms with Crippen LogP contribution in [0.3, 0.4) is 0 Å². The molecule has 0 N–H and O–H groups in total. The first-order valence-corrected chi connectivity index (χ1v) is 21.5. The summed E-state index contributed by atoms with van der Waals surface area (Å²) >= 11 is 0. The average Bonchev–Trinajstić information content (AvgIpc) is 3.22. The number of rotatable bonds is 13. The Balaban J connectivity index is 1.68. The second-order valence-electron chi connectivity index (χ2n) is 17.8. The molecular weight excluding hydrogens is 784 g/mol. The number of para-hydroxylation sites is 1. The van der Waals surface area contributed by atoms with E-state index in [1.165, 1.54) is 0 Å². The van der Waals surface area contributed by atoms with Gasteiger partial charge in [-0.25, -0.2) is 4.79 Å². The summed E-state index contributed by atoms with van der Waals surface area (Å²) in [5, 5.41) is 0. The monoisotopic (exact) mass is 840 g/mol. The van der Waals surface area contributed by atoms with Crippen LogP contribution in [0.2, 0.25) is 0 Å². The summed E-state index contributed by atoms with van der Waals surface area (Å²) in [6.07, 6.45) is -0.845. The molecule has 0 saturated carbocycles. The average molecular weight is 841 g/mol. The Morgan fingerprint density at radius 3 is 1.26 bits per heavy atom. The van der Waals surface area contributed by atoms with Crippen molar-refractivity contribution in [3.05, 3.63) is 173 Å². The number of hydrogen-bond donors (Lipinski definition) is 0. The Hall–Kier alpha value is -5.82. The summed E-state index contributed by atoms with van der Waals surface area (Å²) in [6.45, 7) is 17.9. The minimum absolute atomic E-state index is 0.293. The van der Waals surface area contributed by atoms with Crippen LogP contribution in [0, 0.1) is 0 Å². The lowest BCUT2D eigenvalue weighted by Crippen LogP contribution is -2.32. The van der Waals surface area contributed by atoms with Crippen molar-refractivity contribution in [1.29, 1.82) is 0 Å². The maximum Gasteiger partial charge on any atom is 0.514 e. The van der Waals surface area contributed by atoms with E-state index in [-0.39, 0.29) is 0 Å². The zero-order chi connectivity index (χ0) is 44.0. The molecule has 0 saturated heterocycles. The van der Waals surface area contributed by atoms with Crippen molar-refractivity contribution in [2.24, 2.45) is 0 Å². The Kier molecular flexibility index (Phi) is 13.5. The topological polar surface area (TPSA) is 81.7 Å². The van der Waals surface area contributed by atoms with Crippen molar-refractivity contribution >= 4 is 14.8 Å². The molecule has 0 aliphatic rings. The van der Waals surface area contributed by atoms with Crippen LogP contribution in [0.1, 0.15) is 90.1 Å². The van der Waals surface area contributed by atoms with E-state index in [2.05, 4.69) is 57.2 Å². The van der Waals surface area contributed by atoms with Crippen LogP contribution in [-0.2, 0) is 25.7 Å². The number of ether oxygens (including phenoxy) is 4. The molecule has 1 unspecified atom stereocenters. The van der Waals surface area contributed by atoms with Crippen molar-refractivity contribution in [1.82, 2.24) is 0 Å². The number of hydrogen-bond acceptors (Lipinski definition) is 8. The van der Waals surface area contributed by atoms with Crippen LogP contribution in [-0.4, -0.2) is 26.0 Å². The fraction of sp³-hybridized carbons (Fsp3) is 0.288. The fourth-order valence-corrected chi connectivity index (χ4v) is 8.29. The smallest absolute Gasteiger partial charge is 0.497 e. The zero-order valence-electron chi connectivity index (χ0n) is 37.1. The van der Waals surface area contributed by atoms with Crippen LogP contribution >= 0.6 is 8.60 Å². The first kappa shape index (κ1) is 44.7. The molecule has 9 heteroatoms. The van der Waals surface area contributed by atoms with E-state index in [1.807, 2.05) is 130 Å². The van der Waals surface area contributed by atoms with Gasteiger partial charge in [0, 0.05) is 22.3 Å². The maximum atomic E-state index is 13.7. The molecular formula is C52H57O8P. The highest BCUT2D eigenvalue weighted by atomic mass is 31.2. The van der Waals surface area contributed by atoms with Crippen LogP contribution in [0.5, 0.6) is 28.7 Å². The molecule has 318 valence electrons. The van der Waals surface area contributed by atoms with E-state index < -0.39 is 36.8 Å². The van der Waals surface area contributed by atoms with Crippen LogP contribution in [0.4, 0.5) is 4.79 Å². The molecule has 0 radical (unpaired) electrons. The van der Waals surface area contributed by atoms with E-state index in [0.717, 1.165) is 22.3 Å². The fourth-order valence-electron chi connectivity index (χ4n) is 7.00. The SMILES string of the molecule is COc1cc(-c2cc(OC)cc(C(C)(C)C)c2OP(Oc2ccccc2)OC(c2ccccc2)(c2ccccc2)c2ccccc2)c(OC(=O)OC(C)(C)C)c(C(C)(C)C)c1. The summed E-state index contributed by atoms with van der Waals surface area (Å²) in [6, 6.07) is 47.4. The van der Waals surface area contributed by atoms with Crippen molar-refractivity contribution in [3.63, 3.8) is 0 Å². The van der Waals surface area contributed by atoms with Gasteiger partial charge in [-0.05, 0) is 84.7 Å². The zero-order valence-corrected chi connectivity index (χ0v) is 38.0. The number of methoxy groups -OCH3 is 2. The van der Waals surface area contributed by atoms with E-state index in [0.29, 0.717) is 45.4 Å². The van der Waals surface area contributed by atoms with Gasteiger partial charge in [0.05, 0.1) is 14.2 Å². The van der Waals surface area contributed by atoms with Crippen molar-refractivity contribution in [2.75, 3.05) is 14.2 Å². The van der Waals surface area contributed by atoms with E-state index in [9.17, 15) is 4.79 Å². The molecule has 0 spiro atoms. The summed E-state index contributed by atoms with van der Waals surface area (Å²) in [7, 11) is 0.889. The molecule has 0 aliphatic heterocycles. The quantitative estimate of drug-likeness (QED) is 0.0492. The Bertz CT molecular complexity index is 2280. The minimum Gasteiger partial charge on any atom is -0.497 e. The Morgan fingerprint density at radius 1 is 0.475 bits per heavy atom. The Morgan fingerprint density at radius 2 is 0.869 bits per heavy atom. The molecule has 0 aliphatic carbocycles. The van der Waals surface area contributed by atoms with Gasteiger partial charge < -0.3 is 28.0 Å². The summed E-state index contributed by atoms with van der Waals surface area (Å²) in [5.74, 6) is 2.41. The highest BCUT2D eigenvalue weighted by Gasteiger charge is 2.44. The van der Waals surface area contributed by atoms with Gasteiger partial charge in [0.25, 0.3) is 0 Å². The molecule has 0 aromatic heterocycles. The van der Waals surface area contributed by atoms with Gasteiger partial charge in [0.1, 0.15) is 34.3 Å². The third-order valence-electron chi connectivity index (χ3n) is 9.92. The van der Waals surface area contributed by atoms with Crippen LogP contribution in [0.25, 0.3) is 11.1 Å². The van der Waals surface area contributed by atoms with Gasteiger partial charge in [0.2, 0.25) is 0 Å². The first-order chi connectivity index (χ1) is 28.9. The molecule has 0 heterocycles. The van der Waals surface area contributed by atoms with Gasteiger partial charge in [-0.3, -0.25) is 4.52 Å². The van der Waals surface area contributed by atoms with Gasteiger partial charge in [-0.1, -0.05) is 151 Å². The van der Waals surface area contributed by atoms with Crippen molar-refractivity contribution < 1.29 is 37.3 Å². The molecule has 0 bridgehead atoms. The molecule has 6 rings (SSSR count). The van der Waals surface area contributed by atoms with Crippen LogP contribution < -0.4 is 23.3 Å². The molecule has 1 atom stereocenters. The lowest BCUT2D eigenvalue weighted by atomic mass is 9.80. The third kappa shape index (κ3) is 10.6. The molecule has 61 heavy (non-hydrogen) atoms. The van der Waals surface area contributed by atoms with Crippen LogP contribution in [0.15, 0.2) is 146 Å². The predicted octanol–water partition coefficient (Wildman–Crippen LogP) is 14.0. The van der Waals surface area contributed by atoms with Gasteiger partial charge >= 0.3 is 14.8 Å². The molecule has 6 aromatic rings. The van der Waals surface area contributed by atoms with Gasteiger partial charge in [-0.2, -0.15) is 0 Å².